The molecule has 0 aromatic carbocycles. The summed E-state index contributed by atoms with van der Waals surface area (Å²) in [6.45, 7) is 6.90. The molecule has 0 aromatic heterocycles. The lowest BCUT2D eigenvalue weighted by Gasteiger charge is -2.35. The number of ether oxygens (including phenoxy) is 2. The second-order valence-corrected chi connectivity index (χ2v) is 7.76. The van der Waals surface area contributed by atoms with Crippen molar-refractivity contribution in [2.45, 2.75) is 56.5 Å². The van der Waals surface area contributed by atoms with Crippen molar-refractivity contribution in [3.63, 3.8) is 0 Å². The molecule has 2 aliphatic rings. The van der Waals surface area contributed by atoms with E-state index in [1.807, 2.05) is 18.8 Å². The molecule has 2 atom stereocenters. The van der Waals surface area contributed by atoms with E-state index in [1.165, 1.54) is 12.8 Å². The molecule has 2 aliphatic heterocycles. The van der Waals surface area contributed by atoms with Crippen molar-refractivity contribution in [3.8, 4) is 0 Å². The second kappa shape index (κ2) is 12.6. The molecule has 0 spiro atoms. The number of rotatable bonds is 6. The standard InChI is InChI=1S/C17H33N3O2S.HI/c1-14(23-3)12-19-17(18-2)20-9-7-15(8-10-20)22-13-16-6-4-5-11-21-16;/h14-16H,4-13H2,1-3H3,(H,18,19);1H. The minimum Gasteiger partial charge on any atom is -0.376 e. The number of guanidine groups is 1. The monoisotopic (exact) mass is 471 g/mol. The molecule has 0 bridgehead atoms. The van der Waals surface area contributed by atoms with Gasteiger partial charge < -0.3 is 19.7 Å². The topological polar surface area (TPSA) is 46.1 Å². The van der Waals surface area contributed by atoms with Gasteiger partial charge in [-0.3, -0.25) is 4.99 Å². The van der Waals surface area contributed by atoms with Gasteiger partial charge in [0.1, 0.15) is 0 Å². The number of thioether (sulfide) groups is 1. The van der Waals surface area contributed by atoms with Crippen molar-refractivity contribution in [2.75, 3.05) is 46.2 Å². The summed E-state index contributed by atoms with van der Waals surface area (Å²) in [5.41, 5.74) is 0. The van der Waals surface area contributed by atoms with Gasteiger partial charge in [-0.05, 0) is 38.4 Å². The number of likely N-dealkylation sites (tertiary alicyclic amines) is 1. The van der Waals surface area contributed by atoms with Gasteiger partial charge in [0.05, 0.1) is 18.8 Å². The van der Waals surface area contributed by atoms with Crippen LogP contribution in [0, 0.1) is 0 Å². The lowest BCUT2D eigenvalue weighted by Crippen LogP contribution is -2.48. The maximum absolute atomic E-state index is 6.08. The first kappa shape index (κ1) is 22.3. The molecular formula is C17H34IN3O2S. The highest BCUT2D eigenvalue weighted by Crippen LogP contribution is 2.18. The third-order valence-corrected chi connectivity index (χ3v) is 5.67. The molecule has 0 aliphatic carbocycles. The number of nitrogens with zero attached hydrogens (tertiary/aromatic N) is 2. The van der Waals surface area contributed by atoms with Gasteiger partial charge in [0.25, 0.3) is 0 Å². The average Bonchev–Trinajstić information content (AvgIpc) is 2.62. The van der Waals surface area contributed by atoms with Crippen molar-refractivity contribution in [1.29, 1.82) is 0 Å². The van der Waals surface area contributed by atoms with Crippen molar-refractivity contribution < 1.29 is 9.47 Å². The van der Waals surface area contributed by atoms with Gasteiger partial charge in [-0.25, -0.2) is 0 Å². The van der Waals surface area contributed by atoms with Crippen LogP contribution in [0.15, 0.2) is 4.99 Å². The van der Waals surface area contributed by atoms with Crippen LogP contribution in [0.4, 0.5) is 0 Å². The first-order valence-electron chi connectivity index (χ1n) is 8.94. The second-order valence-electron chi connectivity index (χ2n) is 6.48. The maximum atomic E-state index is 6.08. The van der Waals surface area contributed by atoms with E-state index in [9.17, 15) is 0 Å². The van der Waals surface area contributed by atoms with Gasteiger partial charge in [0, 0.05) is 38.5 Å². The Bertz CT molecular complexity index is 360. The molecule has 2 unspecified atom stereocenters. The van der Waals surface area contributed by atoms with Crippen LogP contribution in [-0.4, -0.2) is 74.5 Å². The predicted octanol–water partition coefficient (Wildman–Crippen LogP) is 2.98. The van der Waals surface area contributed by atoms with Gasteiger partial charge in [-0.15, -0.1) is 24.0 Å². The van der Waals surface area contributed by atoms with Crippen LogP contribution >= 0.6 is 35.7 Å². The Morgan fingerprint density at radius 2 is 2.08 bits per heavy atom. The molecule has 24 heavy (non-hydrogen) atoms. The smallest absolute Gasteiger partial charge is 0.193 e. The van der Waals surface area contributed by atoms with Crippen molar-refractivity contribution >= 4 is 41.7 Å². The van der Waals surface area contributed by atoms with Crippen molar-refractivity contribution in [3.05, 3.63) is 0 Å². The summed E-state index contributed by atoms with van der Waals surface area (Å²) in [4.78, 5) is 6.78. The van der Waals surface area contributed by atoms with E-state index in [1.54, 1.807) is 0 Å². The van der Waals surface area contributed by atoms with E-state index < -0.39 is 0 Å². The van der Waals surface area contributed by atoms with Gasteiger partial charge in [-0.2, -0.15) is 11.8 Å². The summed E-state index contributed by atoms with van der Waals surface area (Å²) in [5.74, 6) is 1.03. The molecule has 142 valence electrons. The normalized spacial score (nSPS) is 24.4. The van der Waals surface area contributed by atoms with Crippen LogP contribution in [-0.2, 0) is 9.47 Å². The Morgan fingerprint density at radius 1 is 1.33 bits per heavy atom. The predicted molar refractivity (Wildman–Crippen MR) is 114 cm³/mol. The summed E-state index contributed by atoms with van der Waals surface area (Å²) >= 11 is 1.88. The molecule has 2 saturated heterocycles. The van der Waals surface area contributed by atoms with E-state index in [2.05, 4.69) is 28.4 Å². The highest BCUT2D eigenvalue weighted by molar-refractivity contribution is 14.0. The quantitative estimate of drug-likeness (QED) is 0.367. The van der Waals surface area contributed by atoms with E-state index in [0.717, 1.165) is 58.1 Å². The number of hydrogen-bond donors (Lipinski definition) is 1. The lowest BCUT2D eigenvalue weighted by atomic mass is 10.1. The lowest BCUT2D eigenvalue weighted by molar-refractivity contribution is -0.0721. The summed E-state index contributed by atoms with van der Waals surface area (Å²) in [6, 6.07) is 0. The van der Waals surface area contributed by atoms with E-state index in [-0.39, 0.29) is 24.0 Å². The molecule has 0 amide bonds. The molecule has 7 heteroatoms. The van der Waals surface area contributed by atoms with Gasteiger partial charge in [0.2, 0.25) is 0 Å². The van der Waals surface area contributed by atoms with Crippen LogP contribution in [0.25, 0.3) is 0 Å². The fourth-order valence-corrected chi connectivity index (χ4v) is 3.32. The maximum Gasteiger partial charge on any atom is 0.193 e. The summed E-state index contributed by atoms with van der Waals surface area (Å²) in [6.07, 6.45) is 8.64. The number of aliphatic imine (C=N–C) groups is 1. The van der Waals surface area contributed by atoms with Gasteiger partial charge in [-0.1, -0.05) is 6.92 Å². The van der Waals surface area contributed by atoms with Crippen LogP contribution in [0.5, 0.6) is 0 Å². The zero-order chi connectivity index (χ0) is 16.5. The van der Waals surface area contributed by atoms with Gasteiger partial charge >= 0.3 is 0 Å². The Hall–Kier alpha value is 0.270. The SMILES string of the molecule is CN=C(NCC(C)SC)N1CCC(OCC2CCCCO2)CC1.I. The Kier molecular flexibility index (Phi) is 11.7. The third kappa shape index (κ3) is 7.66. The fourth-order valence-electron chi connectivity index (χ4n) is 3.07. The van der Waals surface area contributed by atoms with Crippen LogP contribution < -0.4 is 5.32 Å². The number of nitrogens with one attached hydrogen (secondary N) is 1. The van der Waals surface area contributed by atoms with E-state index in [4.69, 9.17) is 9.47 Å². The van der Waals surface area contributed by atoms with Crippen molar-refractivity contribution in [2.24, 2.45) is 4.99 Å². The first-order chi connectivity index (χ1) is 11.2. The highest BCUT2D eigenvalue weighted by Gasteiger charge is 2.23. The summed E-state index contributed by atoms with van der Waals surface area (Å²) < 4.78 is 11.8. The zero-order valence-corrected chi connectivity index (χ0v) is 18.5. The fraction of sp³-hybridized carbons (Fsp3) is 0.941. The van der Waals surface area contributed by atoms with Gasteiger partial charge in [0.15, 0.2) is 5.96 Å². The average molecular weight is 471 g/mol. The highest BCUT2D eigenvalue weighted by atomic mass is 127. The molecule has 2 rings (SSSR count). The molecule has 5 nitrogen and oxygen atoms in total. The molecule has 2 fully saturated rings. The summed E-state index contributed by atoms with van der Waals surface area (Å²) in [7, 11) is 1.87. The summed E-state index contributed by atoms with van der Waals surface area (Å²) in [5, 5.41) is 4.08. The Morgan fingerprint density at radius 3 is 2.67 bits per heavy atom. The number of hydrogen-bond acceptors (Lipinski definition) is 4. The molecule has 0 aromatic rings. The Balaban J connectivity index is 0.00000288. The largest absolute Gasteiger partial charge is 0.376 e. The van der Waals surface area contributed by atoms with E-state index in [0.29, 0.717) is 17.5 Å². The Labute approximate surface area is 168 Å². The van der Waals surface area contributed by atoms with Crippen LogP contribution in [0.1, 0.15) is 39.0 Å². The first-order valence-corrected chi connectivity index (χ1v) is 10.2. The zero-order valence-electron chi connectivity index (χ0n) is 15.3. The molecular weight excluding hydrogens is 437 g/mol. The minimum absolute atomic E-state index is 0. The molecule has 2 heterocycles. The van der Waals surface area contributed by atoms with E-state index >= 15 is 0 Å². The molecule has 0 radical (unpaired) electrons. The molecule has 1 N–H and O–H groups in total. The van der Waals surface area contributed by atoms with Crippen molar-refractivity contribution in [1.82, 2.24) is 10.2 Å². The minimum atomic E-state index is 0. The van der Waals surface area contributed by atoms with Crippen LogP contribution in [0.2, 0.25) is 0 Å². The number of piperidine rings is 1. The number of halogens is 1. The molecule has 0 saturated carbocycles. The third-order valence-electron chi connectivity index (χ3n) is 4.70. The van der Waals surface area contributed by atoms with Crippen LogP contribution in [0.3, 0.4) is 0 Å².